The number of piperidine rings is 1. The summed E-state index contributed by atoms with van der Waals surface area (Å²) in [6, 6.07) is 3.96. The lowest BCUT2D eigenvalue weighted by Crippen LogP contribution is -2.48. The average Bonchev–Trinajstić information content (AvgIpc) is 2.70. The first-order valence-corrected chi connectivity index (χ1v) is 12.7. The van der Waals surface area contributed by atoms with E-state index in [4.69, 9.17) is 21.1 Å². The van der Waals surface area contributed by atoms with Crippen molar-refractivity contribution in [2.45, 2.75) is 51.2 Å². The number of morpholine rings is 1. The number of amides is 1. The molecular weight excluding hydrogens is 456 g/mol. The lowest BCUT2D eigenvalue weighted by molar-refractivity contribution is -0.137. The van der Waals surface area contributed by atoms with Crippen LogP contribution in [0, 0.1) is 11.8 Å². The molecule has 4 atom stereocenters. The molecule has 10 heteroatoms. The van der Waals surface area contributed by atoms with Gasteiger partial charge in [0.05, 0.1) is 22.8 Å². The van der Waals surface area contributed by atoms with E-state index < -0.39 is 16.0 Å². The fourth-order valence-corrected chi connectivity index (χ4v) is 6.55. The molecule has 0 aromatic heterocycles. The van der Waals surface area contributed by atoms with E-state index in [1.807, 2.05) is 0 Å². The van der Waals surface area contributed by atoms with E-state index in [0.29, 0.717) is 24.9 Å². The summed E-state index contributed by atoms with van der Waals surface area (Å²) in [6.45, 7) is 9.06. The molecule has 0 aliphatic carbocycles. The molecular formula is C22H31ClN2O6S. The molecule has 0 N–H and O–H groups in total. The molecule has 0 bridgehead atoms. The monoisotopic (exact) mass is 486 g/mol. The summed E-state index contributed by atoms with van der Waals surface area (Å²) in [5.74, 6) is -0.232. The second kappa shape index (κ2) is 10.1. The van der Waals surface area contributed by atoms with Crippen molar-refractivity contribution >= 4 is 33.5 Å². The fourth-order valence-electron chi connectivity index (χ4n) is 4.46. The summed E-state index contributed by atoms with van der Waals surface area (Å²) in [5.41, 5.74) is 0.0236. The van der Waals surface area contributed by atoms with Crippen LogP contribution in [0.25, 0.3) is 0 Å². The zero-order chi connectivity index (χ0) is 23.6. The maximum atomic E-state index is 13.2. The van der Waals surface area contributed by atoms with Crippen LogP contribution in [0.2, 0.25) is 5.02 Å². The zero-order valence-corrected chi connectivity index (χ0v) is 20.5. The van der Waals surface area contributed by atoms with Gasteiger partial charge in [-0.25, -0.2) is 13.2 Å². The van der Waals surface area contributed by atoms with Gasteiger partial charge in [0, 0.05) is 26.2 Å². The normalized spacial score (nSPS) is 27.2. The molecule has 3 rings (SSSR count). The predicted octanol–water partition coefficient (Wildman–Crippen LogP) is 2.80. The van der Waals surface area contributed by atoms with Crippen molar-refractivity contribution in [3.63, 3.8) is 0 Å². The molecule has 0 radical (unpaired) electrons. The third kappa shape index (κ3) is 5.81. The van der Waals surface area contributed by atoms with Crippen LogP contribution < -0.4 is 0 Å². The molecule has 0 spiro atoms. The number of hydrogen-bond donors (Lipinski definition) is 0. The van der Waals surface area contributed by atoms with Gasteiger partial charge in [-0.1, -0.05) is 25.4 Å². The van der Waals surface area contributed by atoms with Crippen LogP contribution in [-0.2, 0) is 24.3 Å². The highest BCUT2D eigenvalue weighted by molar-refractivity contribution is 7.89. The first-order chi connectivity index (χ1) is 15.0. The Kier molecular flexibility index (Phi) is 7.85. The highest BCUT2D eigenvalue weighted by atomic mass is 35.5. The molecule has 1 aromatic carbocycles. The third-order valence-corrected chi connectivity index (χ3v) is 8.03. The van der Waals surface area contributed by atoms with Gasteiger partial charge >= 0.3 is 5.97 Å². The van der Waals surface area contributed by atoms with Gasteiger partial charge in [0.15, 0.2) is 6.61 Å². The number of sulfonamides is 1. The Labute approximate surface area is 194 Å². The number of ether oxygens (including phenoxy) is 2. The van der Waals surface area contributed by atoms with E-state index in [0.717, 1.165) is 6.42 Å². The van der Waals surface area contributed by atoms with Gasteiger partial charge < -0.3 is 14.4 Å². The number of carbonyl (C=O) groups excluding carboxylic acids is 2. The first kappa shape index (κ1) is 25.0. The Balaban J connectivity index is 1.71. The van der Waals surface area contributed by atoms with Crippen molar-refractivity contribution in [2.75, 3.05) is 32.8 Å². The number of hydrogen-bond acceptors (Lipinski definition) is 6. The maximum Gasteiger partial charge on any atom is 0.338 e. The molecule has 2 fully saturated rings. The molecule has 2 aliphatic rings. The summed E-state index contributed by atoms with van der Waals surface area (Å²) in [5, 5.41) is 0.0146. The largest absolute Gasteiger partial charge is 0.452 e. The fraction of sp³-hybridized carbons (Fsp3) is 0.636. The van der Waals surface area contributed by atoms with Crippen molar-refractivity contribution in [3.05, 3.63) is 28.8 Å². The van der Waals surface area contributed by atoms with Gasteiger partial charge in [0.25, 0.3) is 5.91 Å². The number of esters is 1. The Bertz CT molecular complexity index is 949. The van der Waals surface area contributed by atoms with Crippen LogP contribution in [0.15, 0.2) is 23.1 Å². The van der Waals surface area contributed by atoms with Crippen LogP contribution in [0.5, 0.6) is 0 Å². The number of rotatable bonds is 5. The first-order valence-electron chi connectivity index (χ1n) is 10.9. The molecule has 2 saturated heterocycles. The number of nitrogens with zero attached hydrogens (tertiary/aromatic N) is 2. The number of benzene rings is 1. The van der Waals surface area contributed by atoms with Crippen molar-refractivity contribution in [1.82, 2.24) is 9.21 Å². The minimum Gasteiger partial charge on any atom is -0.452 e. The Hall–Kier alpha value is -1.68. The van der Waals surface area contributed by atoms with E-state index >= 15 is 0 Å². The molecule has 8 nitrogen and oxygen atoms in total. The molecule has 178 valence electrons. The second-order valence-corrected chi connectivity index (χ2v) is 11.4. The summed E-state index contributed by atoms with van der Waals surface area (Å²) in [7, 11) is -3.94. The standard InChI is InChI=1S/C22H31ClN2O6S/c1-14-7-15(2)10-24(9-14)21(26)13-30-22(27)18-5-6-19(23)20(8-18)32(28,29)25-11-16(3)31-17(4)12-25/h5-6,8,14-17H,7,9-13H2,1-4H3/t14-,15+,16-,17-/m0/s1. The van der Waals surface area contributed by atoms with Gasteiger partial charge in [-0.05, 0) is 50.3 Å². The van der Waals surface area contributed by atoms with E-state index in [1.54, 1.807) is 18.7 Å². The van der Waals surface area contributed by atoms with Crippen molar-refractivity contribution < 1.29 is 27.5 Å². The van der Waals surface area contributed by atoms with Crippen LogP contribution in [-0.4, -0.2) is 74.5 Å². The van der Waals surface area contributed by atoms with Crippen LogP contribution in [0.3, 0.4) is 0 Å². The molecule has 32 heavy (non-hydrogen) atoms. The van der Waals surface area contributed by atoms with Crippen LogP contribution >= 0.6 is 11.6 Å². The van der Waals surface area contributed by atoms with Gasteiger partial charge in [-0.2, -0.15) is 4.31 Å². The van der Waals surface area contributed by atoms with Crippen LogP contribution in [0.1, 0.15) is 44.5 Å². The highest BCUT2D eigenvalue weighted by Gasteiger charge is 2.34. The Morgan fingerprint density at radius 3 is 2.25 bits per heavy atom. The average molecular weight is 487 g/mol. The number of carbonyl (C=O) groups is 2. The van der Waals surface area contributed by atoms with E-state index in [-0.39, 0.29) is 53.3 Å². The molecule has 1 amide bonds. The lowest BCUT2D eigenvalue weighted by atomic mass is 9.92. The minimum absolute atomic E-state index is 0.0146. The van der Waals surface area contributed by atoms with Gasteiger partial charge in [0.2, 0.25) is 10.0 Å². The van der Waals surface area contributed by atoms with Gasteiger partial charge in [0.1, 0.15) is 4.90 Å². The molecule has 0 saturated carbocycles. The number of likely N-dealkylation sites (tertiary alicyclic amines) is 1. The summed E-state index contributed by atoms with van der Waals surface area (Å²) >= 11 is 6.18. The van der Waals surface area contributed by atoms with Gasteiger partial charge in [-0.15, -0.1) is 0 Å². The highest BCUT2D eigenvalue weighted by Crippen LogP contribution is 2.28. The van der Waals surface area contributed by atoms with Crippen molar-refractivity contribution in [2.24, 2.45) is 11.8 Å². The van der Waals surface area contributed by atoms with Crippen molar-refractivity contribution in [3.8, 4) is 0 Å². The van der Waals surface area contributed by atoms with E-state index in [1.165, 1.54) is 22.5 Å². The summed E-state index contributed by atoms with van der Waals surface area (Å²) < 4.78 is 38.5. The third-order valence-electron chi connectivity index (χ3n) is 5.72. The Morgan fingerprint density at radius 2 is 1.66 bits per heavy atom. The smallest absolute Gasteiger partial charge is 0.338 e. The lowest BCUT2D eigenvalue weighted by Gasteiger charge is -2.34. The predicted molar refractivity (Wildman–Crippen MR) is 120 cm³/mol. The quantitative estimate of drug-likeness (QED) is 0.594. The molecule has 1 aromatic rings. The minimum atomic E-state index is -3.94. The SMILES string of the molecule is C[C@@H]1C[C@H](C)CN(C(=O)COC(=O)c2ccc(Cl)c(S(=O)(=O)N3C[C@H](C)O[C@@H](C)C3)c2)C1. The topological polar surface area (TPSA) is 93.2 Å². The Morgan fingerprint density at radius 1 is 1.06 bits per heavy atom. The maximum absolute atomic E-state index is 13.2. The van der Waals surface area contributed by atoms with Crippen molar-refractivity contribution in [1.29, 1.82) is 0 Å². The zero-order valence-electron chi connectivity index (χ0n) is 18.9. The van der Waals surface area contributed by atoms with Gasteiger partial charge in [-0.3, -0.25) is 4.79 Å². The molecule has 2 heterocycles. The molecule has 0 unspecified atom stereocenters. The van der Waals surface area contributed by atoms with E-state index in [9.17, 15) is 18.0 Å². The summed E-state index contributed by atoms with van der Waals surface area (Å²) in [4.78, 5) is 26.6. The molecule has 2 aliphatic heterocycles. The van der Waals surface area contributed by atoms with Crippen LogP contribution in [0.4, 0.5) is 0 Å². The second-order valence-electron chi connectivity index (χ2n) is 9.05. The number of halogens is 1. The van der Waals surface area contributed by atoms with E-state index in [2.05, 4.69) is 13.8 Å². The summed E-state index contributed by atoms with van der Waals surface area (Å²) in [6.07, 6.45) is 0.546.